The van der Waals surface area contributed by atoms with Crippen LogP contribution in [0.25, 0.3) is 5.57 Å². The molecule has 2 aliphatic rings. The highest BCUT2D eigenvalue weighted by atomic mass is 16.4. The highest BCUT2D eigenvalue weighted by Crippen LogP contribution is 2.52. The fourth-order valence-electron chi connectivity index (χ4n) is 5.19. The van der Waals surface area contributed by atoms with Gasteiger partial charge in [0.1, 0.15) is 0 Å². The molecule has 0 aromatic heterocycles. The van der Waals surface area contributed by atoms with E-state index in [-0.39, 0.29) is 5.41 Å². The van der Waals surface area contributed by atoms with Crippen molar-refractivity contribution in [1.82, 2.24) is 0 Å². The number of aromatic carboxylic acids is 1. The van der Waals surface area contributed by atoms with E-state index in [9.17, 15) is 9.90 Å². The van der Waals surface area contributed by atoms with Crippen molar-refractivity contribution in [2.24, 2.45) is 5.92 Å². The molecule has 0 saturated carbocycles. The minimum Gasteiger partial charge on any atom is -0.478 e. The van der Waals surface area contributed by atoms with Crippen molar-refractivity contribution in [3.05, 3.63) is 76.9 Å². The van der Waals surface area contributed by atoms with E-state index in [1.165, 1.54) is 28.7 Å². The summed E-state index contributed by atoms with van der Waals surface area (Å²) in [7, 11) is 0. The zero-order chi connectivity index (χ0) is 18.1. The summed E-state index contributed by atoms with van der Waals surface area (Å²) < 4.78 is 0. The maximum atomic E-state index is 11.4. The molecule has 4 rings (SSSR count). The fraction of sp³-hybridized carbons (Fsp3) is 0.375. The molecule has 0 amide bonds. The largest absolute Gasteiger partial charge is 0.478 e. The van der Waals surface area contributed by atoms with Gasteiger partial charge in [-0.15, -0.1) is 0 Å². The van der Waals surface area contributed by atoms with Crippen LogP contribution in [0.4, 0.5) is 0 Å². The smallest absolute Gasteiger partial charge is 0.335 e. The molecular weight excluding hydrogens is 320 g/mol. The molecule has 2 atom stereocenters. The third kappa shape index (κ3) is 2.78. The number of carboxylic acid groups (broad SMARTS) is 1. The number of rotatable bonds is 3. The number of benzene rings is 2. The van der Waals surface area contributed by atoms with Gasteiger partial charge in [-0.25, -0.2) is 4.79 Å². The maximum Gasteiger partial charge on any atom is 0.335 e. The Morgan fingerprint density at radius 2 is 2.00 bits per heavy atom. The second-order valence-corrected chi connectivity index (χ2v) is 7.78. The summed E-state index contributed by atoms with van der Waals surface area (Å²) in [5.74, 6) is -0.196. The van der Waals surface area contributed by atoms with Crippen LogP contribution in [0.1, 0.15) is 66.1 Å². The van der Waals surface area contributed by atoms with Crippen molar-refractivity contribution in [1.29, 1.82) is 0 Å². The lowest BCUT2D eigenvalue weighted by Crippen LogP contribution is -2.36. The Kier molecular flexibility index (Phi) is 4.44. The molecule has 134 valence electrons. The molecule has 0 spiro atoms. The van der Waals surface area contributed by atoms with Gasteiger partial charge in [-0.3, -0.25) is 0 Å². The quantitative estimate of drug-likeness (QED) is 0.755. The minimum atomic E-state index is -0.825. The molecule has 2 aromatic carbocycles. The number of aryl methyl sites for hydroxylation is 1. The van der Waals surface area contributed by atoms with E-state index in [1.54, 1.807) is 6.07 Å². The summed E-state index contributed by atoms with van der Waals surface area (Å²) >= 11 is 0. The fourth-order valence-corrected chi connectivity index (χ4v) is 5.19. The van der Waals surface area contributed by atoms with Crippen LogP contribution in [0.2, 0.25) is 0 Å². The van der Waals surface area contributed by atoms with Crippen LogP contribution in [-0.2, 0) is 11.8 Å². The first-order valence-electron chi connectivity index (χ1n) is 9.75. The van der Waals surface area contributed by atoms with Gasteiger partial charge in [-0.2, -0.15) is 0 Å². The third-order valence-electron chi connectivity index (χ3n) is 6.62. The summed E-state index contributed by atoms with van der Waals surface area (Å²) in [6.45, 7) is 2.30. The lowest BCUT2D eigenvalue weighted by molar-refractivity contribution is 0.0696. The molecular formula is C24H26O2. The van der Waals surface area contributed by atoms with Gasteiger partial charge >= 0.3 is 5.97 Å². The van der Waals surface area contributed by atoms with Gasteiger partial charge in [0.25, 0.3) is 0 Å². The number of fused-ring (bicyclic) bond motifs is 3. The van der Waals surface area contributed by atoms with Crippen LogP contribution < -0.4 is 0 Å². The Bertz CT molecular complexity index is 850. The van der Waals surface area contributed by atoms with Crippen LogP contribution in [0.15, 0.2) is 54.6 Å². The van der Waals surface area contributed by atoms with Gasteiger partial charge in [-0.1, -0.05) is 49.4 Å². The molecule has 26 heavy (non-hydrogen) atoms. The van der Waals surface area contributed by atoms with E-state index < -0.39 is 5.97 Å². The topological polar surface area (TPSA) is 37.3 Å². The van der Waals surface area contributed by atoms with Gasteiger partial charge < -0.3 is 5.11 Å². The van der Waals surface area contributed by atoms with Crippen LogP contribution in [0.5, 0.6) is 0 Å². The molecule has 0 fully saturated rings. The SMILES string of the molecule is CC[C@@]12CC=C(c3ccccc3)C[C@@H]1CCCc1cc(C(=O)O)ccc12. The third-order valence-corrected chi connectivity index (χ3v) is 6.62. The van der Waals surface area contributed by atoms with E-state index in [4.69, 9.17) is 0 Å². The summed E-state index contributed by atoms with van der Waals surface area (Å²) in [6.07, 6.45) is 9.08. The lowest BCUT2D eigenvalue weighted by atomic mass is 9.60. The summed E-state index contributed by atoms with van der Waals surface area (Å²) in [5, 5.41) is 9.36. The monoisotopic (exact) mass is 346 g/mol. The van der Waals surface area contributed by atoms with Crippen LogP contribution in [-0.4, -0.2) is 11.1 Å². The predicted molar refractivity (Wildman–Crippen MR) is 105 cm³/mol. The molecule has 0 bridgehead atoms. The number of allylic oxidation sites excluding steroid dienone is 2. The average molecular weight is 346 g/mol. The van der Waals surface area contributed by atoms with Crippen molar-refractivity contribution in [2.75, 3.05) is 0 Å². The van der Waals surface area contributed by atoms with Gasteiger partial charge in [0.2, 0.25) is 0 Å². The second-order valence-electron chi connectivity index (χ2n) is 7.78. The van der Waals surface area contributed by atoms with Crippen LogP contribution in [0, 0.1) is 5.92 Å². The van der Waals surface area contributed by atoms with Crippen molar-refractivity contribution < 1.29 is 9.90 Å². The van der Waals surface area contributed by atoms with Gasteiger partial charge in [0.05, 0.1) is 5.56 Å². The molecule has 0 radical (unpaired) electrons. The average Bonchev–Trinajstić information content (AvgIpc) is 2.84. The Balaban J connectivity index is 1.77. The standard InChI is InChI=1S/C24H26O2/c1-2-24-14-13-18(17-7-4-3-5-8-17)16-21(24)10-6-9-19-15-20(23(25)26)11-12-22(19)24/h3-5,7-8,11-13,15,21H,2,6,9-10,14,16H2,1H3,(H,25,26)/t21-,24+/m0/s1. The van der Waals surface area contributed by atoms with Crippen molar-refractivity contribution in [3.8, 4) is 0 Å². The first kappa shape index (κ1) is 17.1. The summed E-state index contributed by atoms with van der Waals surface area (Å²) in [4.78, 5) is 11.4. The maximum absolute atomic E-state index is 11.4. The molecule has 0 heterocycles. The molecule has 0 unspecified atom stereocenters. The van der Waals surface area contributed by atoms with E-state index in [1.807, 2.05) is 6.07 Å². The van der Waals surface area contributed by atoms with E-state index >= 15 is 0 Å². The molecule has 1 N–H and O–H groups in total. The molecule has 0 saturated heterocycles. The van der Waals surface area contributed by atoms with Gasteiger partial charge in [-0.05, 0) is 78.8 Å². The van der Waals surface area contributed by atoms with Crippen LogP contribution in [0.3, 0.4) is 0 Å². The molecule has 2 aromatic rings. The number of hydrogen-bond acceptors (Lipinski definition) is 1. The Labute approximate surface area is 155 Å². The highest BCUT2D eigenvalue weighted by Gasteiger charge is 2.43. The number of carboxylic acids is 1. The predicted octanol–water partition coefficient (Wildman–Crippen LogP) is 5.86. The number of hydrogen-bond donors (Lipinski definition) is 1. The highest BCUT2D eigenvalue weighted by molar-refractivity contribution is 5.88. The van der Waals surface area contributed by atoms with Crippen LogP contribution >= 0.6 is 0 Å². The molecule has 0 aliphatic heterocycles. The lowest BCUT2D eigenvalue weighted by Gasteiger charge is -2.44. The van der Waals surface area contributed by atoms with Crippen molar-refractivity contribution in [2.45, 2.75) is 50.9 Å². The van der Waals surface area contributed by atoms with E-state index in [0.29, 0.717) is 11.5 Å². The first-order valence-corrected chi connectivity index (χ1v) is 9.75. The zero-order valence-electron chi connectivity index (χ0n) is 15.4. The summed E-state index contributed by atoms with van der Waals surface area (Å²) in [6, 6.07) is 16.6. The van der Waals surface area contributed by atoms with E-state index in [2.05, 4.69) is 49.4 Å². The molecule has 2 heteroatoms. The molecule has 2 aliphatic carbocycles. The molecule has 2 nitrogen and oxygen atoms in total. The first-order chi connectivity index (χ1) is 12.6. The van der Waals surface area contributed by atoms with Gasteiger partial charge in [0.15, 0.2) is 0 Å². The summed E-state index contributed by atoms with van der Waals surface area (Å²) in [5.41, 5.74) is 6.06. The normalized spacial score (nSPS) is 24.8. The Hall–Kier alpha value is -2.35. The number of carbonyl (C=O) groups is 1. The Morgan fingerprint density at radius 3 is 2.73 bits per heavy atom. The minimum absolute atomic E-state index is 0.154. The van der Waals surface area contributed by atoms with Gasteiger partial charge in [0, 0.05) is 5.41 Å². The second kappa shape index (κ2) is 6.75. The van der Waals surface area contributed by atoms with E-state index in [0.717, 1.165) is 32.1 Å². The van der Waals surface area contributed by atoms with Crippen molar-refractivity contribution >= 4 is 11.5 Å². The Morgan fingerprint density at radius 1 is 1.19 bits per heavy atom. The van der Waals surface area contributed by atoms with Crippen molar-refractivity contribution in [3.63, 3.8) is 0 Å². The zero-order valence-corrected chi connectivity index (χ0v) is 15.4.